The molecular weight excluding hydrogens is 250 g/mol. The van der Waals surface area contributed by atoms with E-state index < -0.39 is 0 Å². The Kier molecular flexibility index (Phi) is 4.58. The van der Waals surface area contributed by atoms with Crippen LogP contribution in [-0.2, 0) is 4.74 Å². The first-order valence-electron chi connectivity index (χ1n) is 7.91. The molecule has 1 saturated carbocycles. The summed E-state index contributed by atoms with van der Waals surface area (Å²) in [6.45, 7) is 4.76. The highest BCUT2D eigenvalue weighted by Crippen LogP contribution is 2.34. The largest absolute Gasteiger partial charge is 0.493 e. The minimum atomic E-state index is 0.382. The lowest BCUT2D eigenvalue weighted by molar-refractivity contribution is 0.0566. The molecule has 1 fully saturated rings. The number of nitrogens with one attached hydrogen (secondary N) is 1. The molecule has 3 rings (SSSR count). The van der Waals surface area contributed by atoms with E-state index in [2.05, 4.69) is 30.4 Å². The first kappa shape index (κ1) is 13.9. The molecule has 2 atom stereocenters. The number of rotatable bonds is 5. The zero-order valence-electron chi connectivity index (χ0n) is 12.3. The van der Waals surface area contributed by atoms with Crippen molar-refractivity contribution in [3.8, 4) is 5.75 Å². The molecular formula is C17H25NO2. The van der Waals surface area contributed by atoms with Gasteiger partial charge in [-0.15, -0.1) is 0 Å². The van der Waals surface area contributed by atoms with Gasteiger partial charge < -0.3 is 14.8 Å². The lowest BCUT2D eigenvalue weighted by atomic mass is 9.92. The van der Waals surface area contributed by atoms with Crippen molar-refractivity contribution in [3.05, 3.63) is 29.8 Å². The number of ether oxygens (including phenoxy) is 2. The molecule has 0 aromatic heterocycles. The van der Waals surface area contributed by atoms with Gasteiger partial charge in [0.25, 0.3) is 0 Å². The van der Waals surface area contributed by atoms with Crippen molar-refractivity contribution >= 4 is 0 Å². The van der Waals surface area contributed by atoms with Gasteiger partial charge in [0.15, 0.2) is 0 Å². The zero-order chi connectivity index (χ0) is 13.8. The second-order valence-electron chi connectivity index (χ2n) is 6.04. The Hall–Kier alpha value is -1.06. The number of fused-ring (bicyclic) bond motifs is 1. The lowest BCUT2D eigenvalue weighted by Gasteiger charge is -2.32. The molecule has 2 unspecified atom stereocenters. The van der Waals surface area contributed by atoms with Crippen LogP contribution in [0.3, 0.4) is 0 Å². The van der Waals surface area contributed by atoms with Crippen LogP contribution >= 0.6 is 0 Å². The second kappa shape index (κ2) is 6.59. The summed E-state index contributed by atoms with van der Waals surface area (Å²) in [4.78, 5) is 0. The van der Waals surface area contributed by atoms with Crippen LogP contribution in [0.2, 0.25) is 0 Å². The van der Waals surface area contributed by atoms with Crippen molar-refractivity contribution in [3.63, 3.8) is 0 Å². The Morgan fingerprint density at radius 2 is 2.05 bits per heavy atom. The minimum absolute atomic E-state index is 0.382. The third-order valence-electron chi connectivity index (χ3n) is 4.45. The van der Waals surface area contributed by atoms with Gasteiger partial charge in [0.2, 0.25) is 0 Å². The summed E-state index contributed by atoms with van der Waals surface area (Å²) in [5.41, 5.74) is 1.28. The van der Waals surface area contributed by atoms with E-state index in [-0.39, 0.29) is 0 Å². The van der Waals surface area contributed by atoms with Crippen molar-refractivity contribution in [1.29, 1.82) is 0 Å². The number of hydrogen-bond acceptors (Lipinski definition) is 3. The predicted molar refractivity (Wildman–Crippen MR) is 80.1 cm³/mol. The quantitative estimate of drug-likeness (QED) is 0.836. The molecule has 0 saturated heterocycles. The summed E-state index contributed by atoms with van der Waals surface area (Å²) in [6.07, 6.45) is 5.67. The van der Waals surface area contributed by atoms with Crippen molar-refractivity contribution in [1.82, 2.24) is 5.32 Å². The third-order valence-corrected chi connectivity index (χ3v) is 4.45. The van der Waals surface area contributed by atoms with E-state index in [1.54, 1.807) is 0 Å². The highest BCUT2D eigenvalue weighted by molar-refractivity contribution is 5.37. The number of para-hydroxylation sites is 1. The first-order chi connectivity index (χ1) is 9.84. The summed E-state index contributed by atoms with van der Waals surface area (Å²) in [7, 11) is 0. The number of hydrogen-bond donors (Lipinski definition) is 1. The Labute approximate surface area is 121 Å². The van der Waals surface area contributed by atoms with Gasteiger partial charge in [-0.05, 0) is 18.9 Å². The molecule has 1 aromatic carbocycles. The van der Waals surface area contributed by atoms with Crippen molar-refractivity contribution in [2.24, 2.45) is 5.92 Å². The summed E-state index contributed by atoms with van der Waals surface area (Å²) < 4.78 is 11.7. The van der Waals surface area contributed by atoms with Gasteiger partial charge in [-0.3, -0.25) is 0 Å². The first-order valence-corrected chi connectivity index (χ1v) is 7.91. The summed E-state index contributed by atoms with van der Waals surface area (Å²) >= 11 is 0. The molecule has 1 aromatic rings. The molecule has 3 heteroatoms. The van der Waals surface area contributed by atoms with E-state index >= 15 is 0 Å². The Morgan fingerprint density at radius 3 is 2.90 bits per heavy atom. The fourth-order valence-corrected chi connectivity index (χ4v) is 3.30. The molecule has 1 aliphatic carbocycles. The molecule has 1 aliphatic heterocycles. The van der Waals surface area contributed by atoms with Crippen molar-refractivity contribution in [2.45, 2.75) is 44.8 Å². The standard InChI is InChI=1S/C17H25NO2/c1-13-12-20-16-9-5-4-8-15(16)17(13)18-10-11-19-14-6-2-3-7-14/h4-5,8-9,13-14,17-18H,2-3,6-7,10-12H2,1H3. The second-order valence-corrected chi connectivity index (χ2v) is 6.04. The minimum Gasteiger partial charge on any atom is -0.493 e. The highest BCUT2D eigenvalue weighted by atomic mass is 16.5. The highest BCUT2D eigenvalue weighted by Gasteiger charge is 2.27. The molecule has 110 valence electrons. The zero-order valence-corrected chi connectivity index (χ0v) is 12.3. The van der Waals surface area contributed by atoms with Crippen LogP contribution in [0, 0.1) is 5.92 Å². The Morgan fingerprint density at radius 1 is 1.25 bits per heavy atom. The van der Waals surface area contributed by atoms with Gasteiger partial charge in [-0.2, -0.15) is 0 Å². The predicted octanol–water partition coefficient (Wildman–Crippen LogP) is 3.31. The maximum absolute atomic E-state index is 5.92. The van der Waals surface area contributed by atoms with E-state index in [0.29, 0.717) is 18.1 Å². The molecule has 2 aliphatic rings. The lowest BCUT2D eigenvalue weighted by Crippen LogP contribution is -2.36. The molecule has 0 bridgehead atoms. The van der Waals surface area contributed by atoms with E-state index in [0.717, 1.165) is 25.5 Å². The van der Waals surface area contributed by atoms with Crippen LogP contribution in [0.25, 0.3) is 0 Å². The number of benzene rings is 1. The van der Waals surface area contributed by atoms with Gasteiger partial charge in [0.05, 0.1) is 19.3 Å². The van der Waals surface area contributed by atoms with Gasteiger partial charge in [-0.1, -0.05) is 38.0 Å². The van der Waals surface area contributed by atoms with E-state index in [1.807, 2.05) is 6.07 Å². The molecule has 0 radical (unpaired) electrons. The summed E-state index contributed by atoms with van der Waals surface area (Å²) in [5, 5.41) is 3.65. The topological polar surface area (TPSA) is 30.5 Å². The SMILES string of the molecule is CC1COc2ccccc2C1NCCOC1CCCC1. The van der Waals surface area contributed by atoms with E-state index in [1.165, 1.54) is 31.2 Å². The Bertz CT molecular complexity index is 429. The molecule has 3 nitrogen and oxygen atoms in total. The van der Waals surface area contributed by atoms with Crippen LogP contribution in [0.5, 0.6) is 5.75 Å². The molecule has 0 spiro atoms. The van der Waals surface area contributed by atoms with Gasteiger partial charge in [-0.25, -0.2) is 0 Å². The van der Waals surface area contributed by atoms with Gasteiger partial charge >= 0.3 is 0 Å². The van der Waals surface area contributed by atoms with E-state index in [9.17, 15) is 0 Å². The third kappa shape index (κ3) is 3.15. The Balaban J connectivity index is 1.51. The van der Waals surface area contributed by atoms with Gasteiger partial charge in [0.1, 0.15) is 5.75 Å². The molecule has 1 N–H and O–H groups in total. The van der Waals surface area contributed by atoms with Crippen LogP contribution in [-0.4, -0.2) is 25.9 Å². The van der Waals surface area contributed by atoms with Crippen LogP contribution in [0.15, 0.2) is 24.3 Å². The molecule has 1 heterocycles. The van der Waals surface area contributed by atoms with Crippen LogP contribution in [0.4, 0.5) is 0 Å². The summed E-state index contributed by atoms with van der Waals surface area (Å²) in [5.74, 6) is 1.52. The fourth-order valence-electron chi connectivity index (χ4n) is 3.30. The monoisotopic (exact) mass is 275 g/mol. The normalized spacial score (nSPS) is 26.2. The van der Waals surface area contributed by atoms with Crippen molar-refractivity contribution < 1.29 is 9.47 Å². The van der Waals surface area contributed by atoms with E-state index in [4.69, 9.17) is 9.47 Å². The van der Waals surface area contributed by atoms with Crippen LogP contribution < -0.4 is 10.1 Å². The van der Waals surface area contributed by atoms with Crippen LogP contribution in [0.1, 0.15) is 44.2 Å². The average Bonchev–Trinajstić information content (AvgIpc) is 2.98. The molecule has 0 amide bonds. The van der Waals surface area contributed by atoms with Crippen molar-refractivity contribution in [2.75, 3.05) is 19.8 Å². The summed E-state index contributed by atoms with van der Waals surface area (Å²) in [6, 6.07) is 8.73. The smallest absolute Gasteiger partial charge is 0.124 e. The maximum Gasteiger partial charge on any atom is 0.124 e. The molecule has 20 heavy (non-hydrogen) atoms. The maximum atomic E-state index is 5.92. The van der Waals surface area contributed by atoms with Gasteiger partial charge in [0, 0.05) is 24.1 Å². The average molecular weight is 275 g/mol. The fraction of sp³-hybridized carbons (Fsp3) is 0.647.